The van der Waals surface area contributed by atoms with Crippen molar-refractivity contribution in [1.29, 1.82) is 0 Å². The third kappa shape index (κ3) is 3.51. The summed E-state index contributed by atoms with van der Waals surface area (Å²) >= 11 is 0. The monoisotopic (exact) mass is 288 g/mol. The largest absolute Gasteiger partial charge is 0.383 e. The van der Waals surface area contributed by atoms with Crippen molar-refractivity contribution in [1.82, 2.24) is 9.88 Å². The van der Waals surface area contributed by atoms with Gasteiger partial charge in [-0.3, -0.25) is 9.78 Å². The lowest BCUT2D eigenvalue weighted by molar-refractivity contribution is 0.105. The number of benzene rings is 1. The maximum Gasteiger partial charge on any atom is 0.195 e. The lowest BCUT2D eigenvalue weighted by Gasteiger charge is -2.12. The Hall–Kier alpha value is -2.56. The summed E-state index contributed by atoms with van der Waals surface area (Å²) in [6.07, 6.45) is 4.00. The number of aromatic nitrogens is 1. The molecular weight excluding hydrogens is 274 g/mol. The Morgan fingerprint density at radius 2 is 1.81 bits per heavy atom. The number of nitrogens with zero attached hydrogens (tertiary/aromatic N) is 2. The normalized spacial score (nSPS) is 11.3. The number of pyridine rings is 1. The van der Waals surface area contributed by atoms with Crippen molar-refractivity contribution in [2.24, 2.45) is 0 Å². The van der Waals surface area contributed by atoms with Gasteiger partial charge in [-0.1, -0.05) is 0 Å². The van der Waals surface area contributed by atoms with Gasteiger partial charge in [0.2, 0.25) is 0 Å². The van der Waals surface area contributed by atoms with E-state index in [4.69, 9.17) is 0 Å². The Balaban J connectivity index is 2.49. The molecule has 3 nitrogen and oxygen atoms in total. The fourth-order valence-corrected chi connectivity index (χ4v) is 1.86. The van der Waals surface area contributed by atoms with Crippen LogP contribution in [0.5, 0.6) is 0 Å². The molecule has 2 rings (SSSR count). The molecule has 2 aromatic rings. The molecule has 0 spiro atoms. The quantitative estimate of drug-likeness (QED) is 0.640. The highest BCUT2D eigenvalue weighted by Gasteiger charge is 2.18. The van der Waals surface area contributed by atoms with E-state index in [0.29, 0.717) is 5.56 Å². The summed E-state index contributed by atoms with van der Waals surface area (Å²) < 4.78 is 26.8. The number of hydrogen-bond donors (Lipinski definition) is 0. The van der Waals surface area contributed by atoms with Crippen LogP contribution in [-0.4, -0.2) is 29.8 Å². The minimum atomic E-state index is -0.582. The van der Waals surface area contributed by atoms with Crippen molar-refractivity contribution in [3.05, 3.63) is 71.7 Å². The molecule has 0 fully saturated rings. The molecule has 1 heterocycles. The van der Waals surface area contributed by atoms with E-state index in [1.165, 1.54) is 42.7 Å². The Morgan fingerprint density at radius 1 is 1.14 bits per heavy atom. The van der Waals surface area contributed by atoms with Crippen LogP contribution < -0.4 is 0 Å². The molecule has 1 aromatic carbocycles. The molecule has 0 bridgehead atoms. The van der Waals surface area contributed by atoms with E-state index in [9.17, 15) is 13.6 Å². The Morgan fingerprint density at radius 3 is 2.38 bits per heavy atom. The molecule has 1 aromatic heterocycles. The molecule has 5 heteroatoms. The molecule has 0 radical (unpaired) electrons. The first kappa shape index (κ1) is 14.8. The van der Waals surface area contributed by atoms with E-state index >= 15 is 0 Å². The van der Waals surface area contributed by atoms with Crippen LogP contribution in [0.1, 0.15) is 15.9 Å². The minimum Gasteiger partial charge on any atom is -0.383 e. The highest BCUT2D eigenvalue weighted by molar-refractivity contribution is 6.28. The van der Waals surface area contributed by atoms with Crippen molar-refractivity contribution >= 4 is 11.4 Å². The zero-order valence-corrected chi connectivity index (χ0v) is 11.7. The summed E-state index contributed by atoms with van der Waals surface area (Å²) in [5.74, 6) is -1.39. The Bertz CT molecular complexity index is 679. The van der Waals surface area contributed by atoms with Gasteiger partial charge in [-0.15, -0.1) is 0 Å². The van der Waals surface area contributed by atoms with Gasteiger partial charge in [0.1, 0.15) is 11.6 Å². The van der Waals surface area contributed by atoms with E-state index in [-0.39, 0.29) is 16.9 Å². The molecule has 108 valence electrons. The molecule has 0 aliphatic rings. The summed E-state index contributed by atoms with van der Waals surface area (Å²) in [5.41, 5.74) is 0.639. The van der Waals surface area contributed by atoms with Crippen LogP contribution in [0.3, 0.4) is 0 Å². The number of halogens is 2. The lowest BCUT2D eigenvalue weighted by atomic mass is 9.98. The second kappa shape index (κ2) is 6.26. The predicted molar refractivity (Wildman–Crippen MR) is 76.6 cm³/mol. The second-order valence-electron chi connectivity index (χ2n) is 4.70. The minimum absolute atomic E-state index is 0.160. The molecule has 0 aliphatic heterocycles. The summed E-state index contributed by atoms with van der Waals surface area (Å²) in [6.45, 7) is 0. The summed E-state index contributed by atoms with van der Waals surface area (Å²) in [4.78, 5) is 17.9. The number of rotatable bonds is 4. The zero-order chi connectivity index (χ0) is 15.4. The summed E-state index contributed by atoms with van der Waals surface area (Å²) in [7, 11) is 3.47. The van der Waals surface area contributed by atoms with Crippen molar-refractivity contribution in [3.63, 3.8) is 0 Å². The third-order valence-electron chi connectivity index (χ3n) is 2.80. The number of carbonyl (C=O) groups excluding carboxylic acids is 1. The van der Waals surface area contributed by atoms with Gasteiger partial charge in [0, 0.05) is 43.2 Å². The zero-order valence-electron chi connectivity index (χ0n) is 11.7. The van der Waals surface area contributed by atoms with Crippen LogP contribution in [0.2, 0.25) is 0 Å². The number of ketones is 1. The van der Waals surface area contributed by atoms with Gasteiger partial charge in [-0.25, -0.2) is 8.78 Å². The third-order valence-corrected chi connectivity index (χ3v) is 2.80. The SMILES string of the molecule is CN(C)/C=C(/C(=O)c1ccc(F)cc1)c1ccncc1F. The number of hydrogen-bond acceptors (Lipinski definition) is 3. The van der Waals surface area contributed by atoms with Crippen molar-refractivity contribution in [3.8, 4) is 0 Å². The summed E-state index contributed by atoms with van der Waals surface area (Å²) in [5, 5.41) is 0. The fraction of sp³-hybridized carbons (Fsp3) is 0.125. The number of Topliss-reactive ketones (excluding diaryl/α,β-unsaturated/α-hetero) is 1. The standard InChI is InChI=1S/C16H14F2N2O/c1-20(2)10-14(13-7-8-19-9-15(13)18)16(21)11-3-5-12(17)6-4-11/h3-10H,1-2H3/b14-10+. The molecule has 0 aliphatic carbocycles. The van der Waals surface area contributed by atoms with Crippen LogP contribution in [-0.2, 0) is 0 Å². The van der Waals surface area contributed by atoms with Crippen molar-refractivity contribution in [2.45, 2.75) is 0 Å². The van der Waals surface area contributed by atoms with E-state index in [1.54, 1.807) is 19.0 Å². The molecule has 0 saturated heterocycles. The summed E-state index contributed by atoms with van der Waals surface area (Å²) in [6, 6.07) is 6.58. The van der Waals surface area contributed by atoms with E-state index in [1.807, 2.05) is 0 Å². The van der Waals surface area contributed by atoms with Crippen molar-refractivity contribution in [2.75, 3.05) is 14.1 Å². The van der Waals surface area contributed by atoms with Gasteiger partial charge in [-0.2, -0.15) is 0 Å². The first-order chi connectivity index (χ1) is 9.99. The van der Waals surface area contributed by atoms with Gasteiger partial charge in [0.05, 0.1) is 6.20 Å². The van der Waals surface area contributed by atoms with E-state index in [0.717, 1.165) is 6.20 Å². The molecule has 0 atom stereocenters. The maximum atomic E-state index is 13.9. The fourth-order valence-electron chi connectivity index (χ4n) is 1.86. The van der Waals surface area contributed by atoms with Gasteiger partial charge in [-0.05, 0) is 30.3 Å². The smallest absolute Gasteiger partial charge is 0.195 e. The van der Waals surface area contributed by atoms with Gasteiger partial charge in [0.25, 0.3) is 0 Å². The van der Waals surface area contributed by atoms with E-state index in [2.05, 4.69) is 4.98 Å². The van der Waals surface area contributed by atoms with Gasteiger partial charge < -0.3 is 4.90 Å². The first-order valence-corrected chi connectivity index (χ1v) is 6.27. The average molecular weight is 288 g/mol. The molecule has 21 heavy (non-hydrogen) atoms. The molecule has 0 N–H and O–H groups in total. The lowest BCUT2D eigenvalue weighted by Crippen LogP contribution is -2.10. The second-order valence-corrected chi connectivity index (χ2v) is 4.70. The van der Waals surface area contributed by atoms with Crippen LogP contribution in [0, 0.1) is 11.6 Å². The average Bonchev–Trinajstić information content (AvgIpc) is 2.45. The van der Waals surface area contributed by atoms with Crippen LogP contribution in [0.15, 0.2) is 48.9 Å². The molecule has 0 unspecified atom stereocenters. The number of carbonyl (C=O) groups is 1. The molecule has 0 amide bonds. The van der Waals surface area contributed by atoms with Crippen LogP contribution in [0.4, 0.5) is 8.78 Å². The maximum absolute atomic E-state index is 13.9. The molecule has 0 saturated carbocycles. The highest BCUT2D eigenvalue weighted by atomic mass is 19.1. The first-order valence-electron chi connectivity index (χ1n) is 6.27. The molecular formula is C16H14F2N2O. The van der Waals surface area contributed by atoms with Crippen molar-refractivity contribution < 1.29 is 13.6 Å². The Kier molecular flexibility index (Phi) is 4.42. The number of allylic oxidation sites excluding steroid dienone is 1. The Labute approximate surface area is 121 Å². The van der Waals surface area contributed by atoms with E-state index < -0.39 is 11.6 Å². The highest BCUT2D eigenvalue weighted by Crippen LogP contribution is 2.22. The predicted octanol–water partition coefficient (Wildman–Crippen LogP) is 3.15. The van der Waals surface area contributed by atoms with Crippen LogP contribution in [0.25, 0.3) is 5.57 Å². The van der Waals surface area contributed by atoms with Gasteiger partial charge >= 0.3 is 0 Å². The van der Waals surface area contributed by atoms with Gasteiger partial charge in [0.15, 0.2) is 5.78 Å². The topological polar surface area (TPSA) is 33.2 Å². The van der Waals surface area contributed by atoms with Crippen LogP contribution >= 0.6 is 0 Å².